The lowest BCUT2D eigenvalue weighted by Crippen LogP contribution is -2.23. The summed E-state index contributed by atoms with van der Waals surface area (Å²) in [5.41, 5.74) is 2.35. The molecule has 2 heterocycles. The third-order valence-electron chi connectivity index (χ3n) is 3.14. The van der Waals surface area contributed by atoms with Gasteiger partial charge in [0.25, 0.3) is 0 Å². The molecule has 1 N–H and O–H groups in total. The predicted molar refractivity (Wildman–Crippen MR) is 77.5 cm³/mol. The van der Waals surface area contributed by atoms with Crippen LogP contribution in [-0.4, -0.2) is 35.6 Å². The Morgan fingerprint density at radius 1 is 1.21 bits per heavy atom. The van der Waals surface area contributed by atoms with Crippen LogP contribution >= 0.6 is 0 Å². The predicted octanol–water partition coefficient (Wildman–Crippen LogP) is 1.90. The molecule has 0 aromatic carbocycles. The maximum atomic E-state index is 4.36. The summed E-state index contributed by atoms with van der Waals surface area (Å²) >= 11 is 0. The highest BCUT2D eigenvalue weighted by molar-refractivity contribution is 5.57. The maximum Gasteiger partial charge on any atom is 0.136 e. The van der Waals surface area contributed by atoms with Gasteiger partial charge in [0.15, 0.2) is 0 Å². The molecule has 0 aliphatic heterocycles. The van der Waals surface area contributed by atoms with E-state index in [4.69, 9.17) is 0 Å². The number of nitrogens with one attached hydrogen (secondary N) is 1. The monoisotopic (exact) mass is 257 g/mol. The van der Waals surface area contributed by atoms with Gasteiger partial charge in [-0.2, -0.15) is 0 Å². The van der Waals surface area contributed by atoms with Gasteiger partial charge in [0, 0.05) is 38.6 Å². The van der Waals surface area contributed by atoms with Gasteiger partial charge in [-0.3, -0.25) is 4.98 Å². The highest BCUT2D eigenvalue weighted by Crippen LogP contribution is 2.20. The van der Waals surface area contributed by atoms with Crippen LogP contribution in [0.25, 0.3) is 0 Å². The van der Waals surface area contributed by atoms with Crippen LogP contribution in [0, 0.1) is 6.92 Å². The minimum Gasteiger partial charge on any atom is -0.373 e. The fourth-order valence-electron chi connectivity index (χ4n) is 2.03. The first kappa shape index (κ1) is 13.3. The second kappa shape index (κ2) is 6.13. The Kier molecular flexibility index (Phi) is 4.28. The molecule has 0 amide bonds. The summed E-state index contributed by atoms with van der Waals surface area (Å²) in [7, 11) is 3.92. The molecule has 2 aromatic heterocycles. The first-order valence-electron chi connectivity index (χ1n) is 6.31. The lowest BCUT2D eigenvalue weighted by molar-refractivity contribution is 0.849. The van der Waals surface area contributed by atoms with Crippen molar-refractivity contribution in [3.05, 3.63) is 42.0 Å². The van der Waals surface area contributed by atoms with Crippen molar-refractivity contribution >= 4 is 11.6 Å². The van der Waals surface area contributed by atoms with Gasteiger partial charge in [-0.1, -0.05) is 0 Å². The van der Waals surface area contributed by atoms with E-state index in [-0.39, 0.29) is 0 Å². The van der Waals surface area contributed by atoms with Crippen LogP contribution in [0.2, 0.25) is 0 Å². The molecule has 100 valence electrons. The minimum atomic E-state index is 0.876. The molecule has 0 saturated carbocycles. The molecule has 19 heavy (non-hydrogen) atoms. The number of hydrogen-bond acceptors (Lipinski definition) is 5. The van der Waals surface area contributed by atoms with Crippen LogP contribution in [0.1, 0.15) is 11.1 Å². The molecule has 5 nitrogen and oxygen atoms in total. The number of nitrogens with zero attached hydrogens (tertiary/aromatic N) is 4. The molecule has 2 rings (SSSR count). The van der Waals surface area contributed by atoms with Gasteiger partial charge >= 0.3 is 0 Å². The number of likely N-dealkylation sites (N-methyl/N-ethyl adjacent to an activating group) is 1. The van der Waals surface area contributed by atoms with Gasteiger partial charge in [-0.05, 0) is 31.0 Å². The fraction of sp³-hybridized carbons (Fsp3) is 0.357. The second-order valence-electron chi connectivity index (χ2n) is 4.45. The molecule has 0 spiro atoms. The molecule has 0 unspecified atom stereocenters. The van der Waals surface area contributed by atoms with E-state index in [2.05, 4.69) is 32.2 Å². The Hall–Kier alpha value is -2.17. The smallest absolute Gasteiger partial charge is 0.136 e. The van der Waals surface area contributed by atoms with Crippen LogP contribution < -0.4 is 10.2 Å². The highest BCUT2D eigenvalue weighted by Gasteiger charge is 2.10. The van der Waals surface area contributed by atoms with E-state index in [0.29, 0.717) is 0 Å². The van der Waals surface area contributed by atoms with E-state index in [0.717, 1.165) is 30.2 Å². The fourth-order valence-corrected chi connectivity index (χ4v) is 2.03. The lowest BCUT2D eigenvalue weighted by atomic mass is 10.2. The molecule has 0 fully saturated rings. The Morgan fingerprint density at radius 2 is 1.95 bits per heavy atom. The Bertz CT molecular complexity index is 527. The van der Waals surface area contributed by atoms with Gasteiger partial charge in [0.05, 0.1) is 0 Å². The van der Waals surface area contributed by atoms with Crippen molar-refractivity contribution in [3.8, 4) is 0 Å². The lowest BCUT2D eigenvalue weighted by Gasteiger charge is -2.20. The van der Waals surface area contributed by atoms with Gasteiger partial charge < -0.3 is 10.2 Å². The molecule has 0 atom stereocenters. The molecule has 0 radical (unpaired) electrons. The second-order valence-corrected chi connectivity index (χ2v) is 4.45. The number of anilines is 2. The van der Waals surface area contributed by atoms with Crippen LogP contribution in [0.4, 0.5) is 11.6 Å². The summed E-state index contributed by atoms with van der Waals surface area (Å²) in [5, 5.41) is 3.08. The molecule has 2 aromatic rings. The highest BCUT2D eigenvalue weighted by atomic mass is 15.2. The largest absolute Gasteiger partial charge is 0.373 e. The molecule has 0 aliphatic carbocycles. The number of aromatic nitrogens is 3. The average Bonchev–Trinajstić information content (AvgIpc) is 2.46. The summed E-state index contributed by atoms with van der Waals surface area (Å²) in [6.07, 6.45) is 6.21. The standard InChI is InChI=1S/C14H19N5/c1-11-13(15-2)17-10-18-14(11)19(3)9-6-12-4-7-16-8-5-12/h4-5,7-8,10H,6,9H2,1-3H3,(H,15,17,18). The van der Waals surface area contributed by atoms with Crippen molar-refractivity contribution in [1.29, 1.82) is 0 Å². The SMILES string of the molecule is CNc1ncnc(N(C)CCc2ccncc2)c1C. The van der Waals surface area contributed by atoms with Crippen molar-refractivity contribution in [2.24, 2.45) is 0 Å². The quantitative estimate of drug-likeness (QED) is 0.886. The third-order valence-corrected chi connectivity index (χ3v) is 3.14. The van der Waals surface area contributed by atoms with E-state index < -0.39 is 0 Å². The average molecular weight is 257 g/mol. The van der Waals surface area contributed by atoms with Crippen molar-refractivity contribution in [2.45, 2.75) is 13.3 Å². The van der Waals surface area contributed by atoms with Crippen molar-refractivity contribution in [3.63, 3.8) is 0 Å². The summed E-state index contributed by atoms with van der Waals surface area (Å²) in [6.45, 7) is 2.94. The van der Waals surface area contributed by atoms with E-state index in [1.807, 2.05) is 38.5 Å². The van der Waals surface area contributed by atoms with E-state index in [1.165, 1.54) is 5.56 Å². The zero-order chi connectivity index (χ0) is 13.7. The number of hydrogen-bond donors (Lipinski definition) is 1. The van der Waals surface area contributed by atoms with Gasteiger partial charge in [-0.15, -0.1) is 0 Å². The van der Waals surface area contributed by atoms with Gasteiger partial charge in [0.2, 0.25) is 0 Å². The Morgan fingerprint density at radius 3 is 2.63 bits per heavy atom. The third kappa shape index (κ3) is 3.19. The first-order chi connectivity index (χ1) is 9.22. The molecule has 5 heteroatoms. The number of pyridine rings is 1. The van der Waals surface area contributed by atoms with Crippen LogP contribution in [0.15, 0.2) is 30.9 Å². The first-order valence-corrected chi connectivity index (χ1v) is 6.31. The van der Waals surface area contributed by atoms with E-state index in [9.17, 15) is 0 Å². The number of rotatable bonds is 5. The van der Waals surface area contributed by atoms with Gasteiger partial charge in [-0.25, -0.2) is 9.97 Å². The zero-order valence-corrected chi connectivity index (χ0v) is 11.6. The Labute approximate surface area is 113 Å². The van der Waals surface area contributed by atoms with Crippen LogP contribution in [0.5, 0.6) is 0 Å². The van der Waals surface area contributed by atoms with Crippen molar-refractivity contribution in [1.82, 2.24) is 15.0 Å². The minimum absolute atomic E-state index is 0.876. The summed E-state index contributed by atoms with van der Waals surface area (Å²) in [4.78, 5) is 14.7. The van der Waals surface area contributed by atoms with Crippen molar-refractivity contribution in [2.75, 3.05) is 30.9 Å². The van der Waals surface area contributed by atoms with Crippen LogP contribution in [-0.2, 0) is 6.42 Å². The molecular formula is C14H19N5. The summed E-state index contributed by atoms with van der Waals surface area (Å²) < 4.78 is 0. The molecule has 0 aliphatic rings. The Balaban J connectivity index is 2.06. The topological polar surface area (TPSA) is 53.9 Å². The molecular weight excluding hydrogens is 238 g/mol. The maximum absolute atomic E-state index is 4.36. The van der Waals surface area contributed by atoms with Gasteiger partial charge in [0.1, 0.15) is 18.0 Å². The van der Waals surface area contributed by atoms with Crippen LogP contribution in [0.3, 0.4) is 0 Å². The molecule has 0 saturated heterocycles. The van der Waals surface area contributed by atoms with Crippen molar-refractivity contribution < 1.29 is 0 Å². The van der Waals surface area contributed by atoms with E-state index in [1.54, 1.807) is 6.33 Å². The summed E-state index contributed by atoms with van der Waals surface area (Å²) in [6, 6.07) is 4.08. The van der Waals surface area contributed by atoms with E-state index >= 15 is 0 Å². The normalized spacial score (nSPS) is 10.3. The zero-order valence-electron chi connectivity index (χ0n) is 11.6. The summed E-state index contributed by atoms with van der Waals surface area (Å²) in [5.74, 6) is 1.84. The molecule has 0 bridgehead atoms.